The summed E-state index contributed by atoms with van der Waals surface area (Å²) in [6.45, 7) is 15.0. The van der Waals surface area contributed by atoms with Crippen molar-refractivity contribution in [3.63, 3.8) is 0 Å². The highest BCUT2D eigenvalue weighted by Gasteiger charge is 2.11. The first kappa shape index (κ1) is 21.5. The summed E-state index contributed by atoms with van der Waals surface area (Å²) in [5.41, 5.74) is 2.13. The number of anilines is 1. The molecule has 4 heteroatoms. The van der Waals surface area contributed by atoms with Gasteiger partial charge in [0.2, 0.25) is 0 Å². The lowest BCUT2D eigenvalue weighted by molar-refractivity contribution is 0.215. The lowest BCUT2D eigenvalue weighted by Gasteiger charge is -2.26. The first-order chi connectivity index (χ1) is 12.9. The molecule has 27 heavy (non-hydrogen) atoms. The second-order valence-electron chi connectivity index (χ2n) is 8.48. The van der Waals surface area contributed by atoms with Gasteiger partial charge in [-0.1, -0.05) is 27.7 Å². The fraction of sp³-hybridized carbons (Fsp3) is 0.609. The van der Waals surface area contributed by atoms with Gasteiger partial charge in [0.25, 0.3) is 0 Å². The molecule has 0 amide bonds. The second-order valence-corrected chi connectivity index (χ2v) is 8.48. The molecule has 0 bridgehead atoms. The third kappa shape index (κ3) is 7.02. The number of fused-ring (bicyclic) bond motifs is 1. The van der Waals surface area contributed by atoms with E-state index in [2.05, 4.69) is 62.0 Å². The van der Waals surface area contributed by atoms with E-state index in [4.69, 9.17) is 4.74 Å². The molecule has 0 fully saturated rings. The van der Waals surface area contributed by atoms with Crippen molar-refractivity contribution in [3.8, 4) is 5.75 Å². The molecule has 0 aliphatic heterocycles. The maximum atomic E-state index is 5.38. The summed E-state index contributed by atoms with van der Waals surface area (Å²) in [5.74, 6) is 2.30. The van der Waals surface area contributed by atoms with Crippen LogP contribution in [0.5, 0.6) is 5.75 Å². The molecule has 0 radical (unpaired) electrons. The SMILES string of the molecule is COc1ccc2nccc(NC(C)CCCN(CC(C)C)CC(C)C)c2c1. The molecular formula is C23H37N3O. The predicted octanol–water partition coefficient (Wildman–Crippen LogP) is 5.44. The van der Waals surface area contributed by atoms with Crippen LogP contribution < -0.4 is 10.1 Å². The molecule has 1 aromatic heterocycles. The molecule has 1 unspecified atom stereocenters. The van der Waals surface area contributed by atoms with Gasteiger partial charge in [-0.3, -0.25) is 4.98 Å². The molecule has 1 N–H and O–H groups in total. The van der Waals surface area contributed by atoms with Crippen molar-refractivity contribution < 1.29 is 4.74 Å². The number of rotatable bonds is 11. The molecule has 150 valence electrons. The van der Waals surface area contributed by atoms with Gasteiger partial charge >= 0.3 is 0 Å². The van der Waals surface area contributed by atoms with Crippen LogP contribution in [-0.2, 0) is 0 Å². The summed E-state index contributed by atoms with van der Waals surface area (Å²) in [6, 6.07) is 8.51. The molecule has 0 aliphatic rings. The molecule has 1 heterocycles. The molecule has 2 aromatic rings. The zero-order valence-corrected chi connectivity index (χ0v) is 18.0. The Labute approximate surface area is 165 Å². The zero-order chi connectivity index (χ0) is 19.8. The van der Waals surface area contributed by atoms with Gasteiger partial charge in [0, 0.05) is 36.4 Å². The maximum Gasteiger partial charge on any atom is 0.119 e. The molecular weight excluding hydrogens is 334 g/mol. The van der Waals surface area contributed by atoms with Gasteiger partial charge in [-0.15, -0.1) is 0 Å². The fourth-order valence-corrected chi connectivity index (χ4v) is 3.63. The molecule has 1 atom stereocenters. The van der Waals surface area contributed by atoms with Crippen LogP contribution in [0.4, 0.5) is 5.69 Å². The van der Waals surface area contributed by atoms with Crippen molar-refractivity contribution in [2.75, 3.05) is 32.1 Å². The van der Waals surface area contributed by atoms with E-state index in [1.54, 1.807) is 7.11 Å². The van der Waals surface area contributed by atoms with Crippen LogP contribution in [0.15, 0.2) is 30.5 Å². The summed E-state index contributed by atoms with van der Waals surface area (Å²) in [7, 11) is 1.70. The van der Waals surface area contributed by atoms with Crippen LogP contribution in [0, 0.1) is 11.8 Å². The smallest absolute Gasteiger partial charge is 0.119 e. The Morgan fingerprint density at radius 3 is 2.37 bits per heavy atom. The van der Waals surface area contributed by atoms with E-state index < -0.39 is 0 Å². The van der Waals surface area contributed by atoms with Crippen molar-refractivity contribution in [3.05, 3.63) is 30.5 Å². The Morgan fingerprint density at radius 2 is 1.74 bits per heavy atom. The van der Waals surface area contributed by atoms with Gasteiger partial charge < -0.3 is 15.0 Å². The summed E-state index contributed by atoms with van der Waals surface area (Å²) >= 11 is 0. The van der Waals surface area contributed by atoms with Crippen LogP contribution in [0.1, 0.15) is 47.5 Å². The Kier molecular flexibility index (Phi) is 8.36. The highest BCUT2D eigenvalue weighted by Crippen LogP contribution is 2.26. The average Bonchev–Trinajstić information content (AvgIpc) is 2.60. The first-order valence-corrected chi connectivity index (χ1v) is 10.3. The molecule has 1 aromatic carbocycles. The lowest BCUT2D eigenvalue weighted by atomic mass is 10.1. The number of hydrogen-bond acceptors (Lipinski definition) is 4. The quantitative estimate of drug-likeness (QED) is 0.571. The molecule has 2 rings (SSSR count). The number of hydrogen-bond donors (Lipinski definition) is 1. The highest BCUT2D eigenvalue weighted by molar-refractivity contribution is 5.92. The topological polar surface area (TPSA) is 37.4 Å². The van der Waals surface area contributed by atoms with Crippen molar-refractivity contribution >= 4 is 16.6 Å². The maximum absolute atomic E-state index is 5.38. The van der Waals surface area contributed by atoms with Gasteiger partial charge in [-0.05, 0) is 62.4 Å². The molecule has 4 nitrogen and oxygen atoms in total. The molecule has 0 saturated carbocycles. The van der Waals surface area contributed by atoms with Crippen molar-refractivity contribution in [2.45, 2.75) is 53.5 Å². The lowest BCUT2D eigenvalue weighted by Crippen LogP contribution is -2.33. The van der Waals surface area contributed by atoms with Gasteiger partial charge in [0.15, 0.2) is 0 Å². The van der Waals surface area contributed by atoms with E-state index in [1.165, 1.54) is 26.1 Å². The zero-order valence-electron chi connectivity index (χ0n) is 18.0. The largest absolute Gasteiger partial charge is 0.497 e. The van der Waals surface area contributed by atoms with Gasteiger partial charge in [-0.25, -0.2) is 0 Å². The summed E-state index contributed by atoms with van der Waals surface area (Å²) in [5, 5.41) is 4.79. The van der Waals surface area contributed by atoms with E-state index in [0.29, 0.717) is 6.04 Å². The van der Waals surface area contributed by atoms with Crippen LogP contribution in [0.25, 0.3) is 10.9 Å². The summed E-state index contributed by atoms with van der Waals surface area (Å²) < 4.78 is 5.38. The normalized spacial score (nSPS) is 12.9. The Morgan fingerprint density at radius 1 is 1.04 bits per heavy atom. The average molecular weight is 372 g/mol. The van der Waals surface area contributed by atoms with Crippen molar-refractivity contribution in [1.29, 1.82) is 0 Å². The van der Waals surface area contributed by atoms with E-state index in [1.807, 2.05) is 18.3 Å². The van der Waals surface area contributed by atoms with Crippen LogP contribution in [0.3, 0.4) is 0 Å². The van der Waals surface area contributed by atoms with Crippen LogP contribution in [0.2, 0.25) is 0 Å². The van der Waals surface area contributed by atoms with Gasteiger partial charge in [0.1, 0.15) is 5.75 Å². The van der Waals surface area contributed by atoms with Crippen molar-refractivity contribution in [2.24, 2.45) is 11.8 Å². The van der Waals surface area contributed by atoms with Crippen LogP contribution in [-0.4, -0.2) is 42.7 Å². The number of nitrogens with zero attached hydrogens (tertiary/aromatic N) is 2. The highest BCUT2D eigenvalue weighted by atomic mass is 16.5. The number of nitrogens with one attached hydrogen (secondary N) is 1. The molecule has 0 saturated heterocycles. The molecule has 0 spiro atoms. The van der Waals surface area contributed by atoms with Crippen molar-refractivity contribution in [1.82, 2.24) is 9.88 Å². The summed E-state index contributed by atoms with van der Waals surface area (Å²) in [4.78, 5) is 7.08. The minimum atomic E-state index is 0.418. The van der Waals surface area contributed by atoms with E-state index in [9.17, 15) is 0 Å². The monoisotopic (exact) mass is 371 g/mol. The van der Waals surface area contributed by atoms with Gasteiger partial charge in [0.05, 0.1) is 12.6 Å². The number of methoxy groups -OCH3 is 1. The third-order valence-corrected chi connectivity index (χ3v) is 4.71. The Bertz CT molecular complexity index is 689. The number of ether oxygens (including phenoxy) is 1. The fourth-order valence-electron chi connectivity index (χ4n) is 3.63. The van der Waals surface area contributed by atoms with E-state index >= 15 is 0 Å². The predicted molar refractivity (Wildman–Crippen MR) is 117 cm³/mol. The number of pyridine rings is 1. The standard InChI is InChI=1S/C23H37N3O/c1-17(2)15-26(16-18(3)4)13-7-8-19(5)25-23-11-12-24-22-10-9-20(27-6)14-21(22)23/h9-12,14,17-19H,7-8,13,15-16H2,1-6H3,(H,24,25). The Balaban J connectivity index is 1.93. The number of aromatic nitrogens is 1. The van der Waals surface area contributed by atoms with Crippen LogP contribution >= 0.6 is 0 Å². The number of benzene rings is 1. The van der Waals surface area contributed by atoms with Gasteiger partial charge in [-0.2, -0.15) is 0 Å². The molecule has 0 aliphatic carbocycles. The Hall–Kier alpha value is -1.81. The minimum absolute atomic E-state index is 0.418. The second kappa shape index (κ2) is 10.5. The first-order valence-electron chi connectivity index (χ1n) is 10.3. The van der Waals surface area contributed by atoms with E-state index in [-0.39, 0.29) is 0 Å². The summed E-state index contributed by atoms with van der Waals surface area (Å²) in [6.07, 6.45) is 4.23. The van der Waals surface area contributed by atoms with E-state index in [0.717, 1.165) is 40.6 Å². The minimum Gasteiger partial charge on any atom is -0.497 e. The third-order valence-electron chi connectivity index (χ3n) is 4.71.